The molecule has 0 radical (unpaired) electrons. The fourth-order valence-electron chi connectivity index (χ4n) is 4.80. The van der Waals surface area contributed by atoms with Crippen molar-refractivity contribution >= 4 is 11.7 Å². The number of carbonyl (C=O) groups is 2. The van der Waals surface area contributed by atoms with Crippen LogP contribution in [-0.2, 0) is 4.79 Å². The van der Waals surface area contributed by atoms with Gasteiger partial charge in [-0.25, -0.2) is 0 Å². The van der Waals surface area contributed by atoms with E-state index < -0.39 is 0 Å². The van der Waals surface area contributed by atoms with E-state index in [1.54, 1.807) is 29.2 Å². The molecular formula is C23H35N2O3+. The van der Waals surface area contributed by atoms with Crippen molar-refractivity contribution in [2.45, 2.75) is 70.3 Å². The maximum atomic E-state index is 12.4. The van der Waals surface area contributed by atoms with Gasteiger partial charge in [0.2, 0.25) is 0 Å². The van der Waals surface area contributed by atoms with E-state index in [4.69, 9.17) is 4.74 Å². The molecule has 1 amide bonds. The molecule has 0 atom stereocenters. The standard InChI is InChI=1S/C23H34N2O3/c1-2-21(26)19-9-11-20(12-10-19)28-17-22(27)24-18-23(13-5-3-6-14-23)25-15-7-4-8-16-25/h9-12H,2-8,13-18H2,1H3,(H,24,27)/p+1. The number of amides is 1. The average Bonchev–Trinajstić information content (AvgIpc) is 2.77. The van der Waals surface area contributed by atoms with Gasteiger partial charge in [-0.1, -0.05) is 13.3 Å². The summed E-state index contributed by atoms with van der Waals surface area (Å²) in [4.78, 5) is 25.8. The van der Waals surface area contributed by atoms with Crippen molar-refractivity contribution in [3.63, 3.8) is 0 Å². The minimum atomic E-state index is -0.0601. The molecule has 1 aromatic rings. The molecule has 1 heterocycles. The van der Waals surface area contributed by atoms with Crippen LogP contribution < -0.4 is 15.0 Å². The zero-order valence-corrected chi connectivity index (χ0v) is 17.2. The Kier molecular flexibility index (Phi) is 7.49. The lowest BCUT2D eigenvalue weighted by molar-refractivity contribution is -0.957. The van der Waals surface area contributed by atoms with Crippen LogP contribution in [0.2, 0.25) is 0 Å². The minimum absolute atomic E-state index is 0.0203. The number of quaternary nitrogens is 1. The van der Waals surface area contributed by atoms with Crippen molar-refractivity contribution in [2.24, 2.45) is 0 Å². The SMILES string of the molecule is CCC(=O)c1ccc(OCC(=O)NCC2([NH+]3CCCCC3)CCCCC2)cc1. The first kappa shape index (κ1) is 20.8. The number of Topliss-reactive ketones (excluding diaryl/α,β-unsaturated/α-hetero) is 1. The van der Waals surface area contributed by atoms with Crippen molar-refractivity contribution in [1.29, 1.82) is 0 Å². The molecule has 154 valence electrons. The molecule has 1 aliphatic heterocycles. The van der Waals surface area contributed by atoms with Crippen molar-refractivity contribution in [1.82, 2.24) is 5.32 Å². The summed E-state index contributed by atoms with van der Waals surface area (Å²) in [6, 6.07) is 7.04. The number of hydrogen-bond acceptors (Lipinski definition) is 3. The number of ketones is 1. The number of ether oxygens (including phenoxy) is 1. The number of benzene rings is 1. The molecule has 2 aliphatic rings. The van der Waals surface area contributed by atoms with Crippen LogP contribution in [-0.4, -0.2) is 43.5 Å². The van der Waals surface area contributed by atoms with Crippen LogP contribution in [0.4, 0.5) is 0 Å². The van der Waals surface area contributed by atoms with Crippen LogP contribution in [0.5, 0.6) is 5.75 Å². The number of hydrogen-bond donors (Lipinski definition) is 2. The van der Waals surface area contributed by atoms with E-state index in [0.29, 0.717) is 17.7 Å². The smallest absolute Gasteiger partial charge is 0.258 e. The Morgan fingerprint density at radius 2 is 1.64 bits per heavy atom. The quantitative estimate of drug-likeness (QED) is 0.674. The summed E-state index contributed by atoms with van der Waals surface area (Å²) in [5.74, 6) is 0.675. The molecule has 5 heteroatoms. The highest BCUT2D eigenvalue weighted by Gasteiger charge is 2.42. The summed E-state index contributed by atoms with van der Waals surface area (Å²) in [7, 11) is 0. The molecule has 5 nitrogen and oxygen atoms in total. The number of nitrogens with one attached hydrogen (secondary N) is 2. The fourth-order valence-corrected chi connectivity index (χ4v) is 4.80. The summed E-state index contributed by atoms with van der Waals surface area (Å²) in [6.45, 7) is 5.12. The maximum Gasteiger partial charge on any atom is 0.258 e. The van der Waals surface area contributed by atoms with Gasteiger partial charge < -0.3 is 15.0 Å². The van der Waals surface area contributed by atoms with Gasteiger partial charge in [-0.3, -0.25) is 9.59 Å². The first-order valence-electron chi connectivity index (χ1n) is 11.0. The zero-order chi connectivity index (χ0) is 19.8. The monoisotopic (exact) mass is 387 g/mol. The molecule has 2 fully saturated rings. The normalized spacial score (nSPS) is 19.8. The fraction of sp³-hybridized carbons (Fsp3) is 0.652. The lowest BCUT2D eigenvalue weighted by Crippen LogP contribution is -3.22. The van der Waals surface area contributed by atoms with E-state index >= 15 is 0 Å². The minimum Gasteiger partial charge on any atom is -0.484 e. The van der Waals surface area contributed by atoms with Gasteiger partial charge in [0, 0.05) is 24.8 Å². The van der Waals surface area contributed by atoms with Crippen LogP contribution in [0.25, 0.3) is 0 Å². The van der Waals surface area contributed by atoms with Crippen molar-refractivity contribution in [2.75, 3.05) is 26.2 Å². The van der Waals surface area contributed by atoms with Gasteiger partial charge >= 0.3 is 0 Å². The van der Waals surface area contributed by atoms with Gasteiger partial charge in [-0.2, -0.15) is 0 Å². The Balaban J connectivity index is 1.50. The van der Waals surface area contributed by atoms with Crippen LogP contribution in [0.15, 0.2) is 24.3 Å². The number of likely N-dealkylation sites (tertiary alicyclic amines) is 1. The molecule has 0 aromatic heterocycles. The van der Waals surface area contributed by atoms with Crippen molar-refractivity contribution < 1.29 is 19.2 Å². The largest absolute Gasteiger partial charge is 0.484 e. The molecule has 3 rings (SSSR count). The highest BCUT2D eigenvalue weighted by atomic mass is 16.5. The maximum absolute atomic E-state index is 12.4. The lowest BCUT2D eigenvalue weighted by Gasteiger charge is -2.45. The third-order valence-electron chi connectivity index (χ3n) is 6.51. The molecule has 2 N–H and O–H groups in total. The van der Waals surface area contributed by atoms with Gasteiger partial charge in [-0.15, -0.1) is 0 Å². The van der Waals surface area contributed by atoms with Crippen molar-refractivity contribution in [3.8, 4) is 5.75 Å². The van der Waals surface area contributed by atoms with Gasteiger partial charge in [0.15, 0.2) is 12.4 Å². The lowest BCUT2D eigenvalue weighted by atomic mass is 9.79. The van der Waals surface area contributed by atoms with Gasteiger partial charge in [-0.05, 0) is 56.4 Å². The van der Waals surface area contributed by atoms with E-state index in [9.17, 15) is 9.59 Å². The highest BCUT2D eigenvalue weighted by Crippen LogP contribution is 2.26. The van der Waals surface area contributed by atoms with Crippen LogP contribution in [0.3, 0.4) is 0 Å². The van der Waals surface area contributed by atoms with Crippen LogP contribution in [0, 0.1) is 0 Å². The predicted molar refractivity (Wildman–Crippen MR) is 110 cm³/mol. The Hall–Kier alpha value is -1.88. The Bertz CT molecular complexity index is 644. The molecular weight excluding hydrogens is 352 g/mol. The number of piperidine rings is 1. The third kappa shape index (κ3) is 5.34. The number of carbonyl (C=O) groups excluding carboxylic acids is 2. The summed E-state index contributed by atoms with van der Waals surface area (Å²) < 4.78 is 5.62. The second-order valence-corrected chi connectivity index (χ2v) is 8.37. The van der Waals surface area contributed by atoms with Crippen LogP contribution in [0.1, 0.15) is 75.1 Å². The topological polar surface area (TPSA) is 59.8 Å². The predicted octanol–water partition coefficient (Wildman–Crippen LogP) is 2.55. The van der Waals surface area contributed by atoms with Gasteiger partial charge in [0.25, 0.3) is 5.91 Å². The van der Waals surface area contributed by atoms with Gasteiger partial charge in [0.1, 0.15) is 11.3 Å². The van der Waals surface area contributed by atoms with E-state index in [0.717, 1.165) is 6.54 Å². The molecule has 0 bridgehead atoms. The zero-order valence-electron chi connectivity index (χ0n) is 17.2. The Morgan fingerprint density at radius 3 is 2.29 bits per heavy atom. The highest BCUT2D eigenvalue weighted by molar-refractivity contribution is 5.95. The summed E-state index contributed by atoms with van der Waals surface area (Å²) in [5, 5.41) is 3.16. The van der Waals surface area contributed by atoms with Crippen molar-refractivity contribution in [3.05, 3.63) is 29.8 Å². The average molecular weight is 388 g/mol. The third-order valence-corrected chi connectivity index (χ3v) is 6.51. The summed E-state index contributed by atoms with van der Waals surface area (Å²) >= 11 is 0. The molecule has 1 aliphatic carbocycles. The number of rotatable bonds is 8. The molecule has 0 spiro atoms. The van der Waals surface area contributed by atoms with E-state index in [-0.39, 0.29) is 23.8 Å². The first-order valence-corrected chi connectivity index (χ1v) is 11.0. The molecule has 28 heavy (non-hydrogen) atoms. The van der Waals surface area contributed by atoms with E-state index in [1.807, 2.05) is 6.92 Å². The Morgan fingerprint density at radius 1 is 1.00 bits per heavy atom. The van der Waals surface area contributed by atoms with Gasteiger partial charge in [0.05, 0.1) is 19.6 Å². The van der Waals surface area contributed by atoms with Crippen LogP contribution >= 0.6 is 0 Å². The molecule has 1 saturated carbocycles. The molecule has 1 aromatic carbocycles. The Labute approximate surface area is 168 Å². The van der Waals surface area contributed by atoms with E-state index in [2.05, 4.69) is 5.32 Å². The second-order valence-electron chi connectivity index (χ2n) is 8.37. The summed E-state index contributed by atoms with van der Waals surface area (Å²) in [6.07, 6.45) is 10.8. The summed E-state index contributed by atoms with van der Waals surface area (Å²) in [5.41, 5.74) is 0.902. The first-order chi connectivity index (χ1) is 13.6. The molecule has 1 saturated heterocycles. The van der Waals surface area contributed by atoms with E-state index in [1.165, 1.54) is 64.5 Å². The second kappa shape index (κ2) is 10.1. The molecule has 0 unspecified atom stereocenters.